The summed E-state index contributed by atoms with van der Waals surface area (Å²) in [6.07, 6.45) is 6.38. The first-order valence-electron chi connectivity index (χ1n) is 5.38. The second-order valence-electron chi connectivity index (χ2n) is 3.34. The van der Waals surface area contributed by atoms with Gasteiger partial charge in [0.2, 0.25) is 0 Å². The van der Waals surface area contributed by atoms with Crippen molar-refractivity contribution in [3.05, 3.63) is 36.4 Å². The van der Waals surface area contributed by atoms with Gasteiger partial charge in [0.15, 0.2) is 0 Å². The second kappa shape index (κ2) is 6.93. The predicted octanol–water partition coefficient (Wildman–Crippen LogP) is 3.46. The fourth-order valence-electron chi connectivity index (χ4n) is 1.30. The fraction of sp³-hybridized carbons (Fsp3) is 0.385. The minimum absolute atomic E-state index is 0.775. The summed E-state index contributed by atoms with van der Waals surface area (Å²) in [6, 6.07) is 8.01. The minimum atomic E-state index is 0.775. The predicted molar refractivity (Wildman–Crippen MR) is 65.5 cm³/mol. The number of hydrogen-bond donors (Lipinski definition) is 1. The number of hydrogen-bond acceptors (Lipinski definition) is 2. The topological polar surface area (TPSA) is 21.3 Å². The summed E-state index contributed by atoms with van der Waals surface area (Å²) in [7, 11) is 1.91. The number of benzene rings is 1. The number of allylic oxidation sites excluding steroid dienone is 2. The normalized spacial score (nSPS) is 10.5. The zero-order valence-corrected chi connectivity index (χ0v) is 9.49. The Morgan fingerprint density at radius 2 is 2.27 bits per heavy atom. The van der Waals surface area contributed by atoms with E-state index >= 15 is 0 Å². The molecule has 1 aromatic rings. The van der Waals surface area contributed by atoms with E-state index in [1.54, 1.807) is 0 Å². The van der Waals surface area contributed by atoms with Crippen LogP contribution < -0.4 is 10.1 Å². The number of ether oxygens (including phenoxy) is 1. The molecule has 0 saturated carbocycles. The molecule has 0 fully saturated rings. The smallest absolute Gasteiger partial charge is 0.121 e. The number of nitrogens with one attached hydrogen (secondary N) is 1. The van der Waals surface area contributed by atoms with Crippen LogP contribution in [0.15, 0.2) is 36.4 Å². The Bertz CT molecular complexity index is 307. The standard InChI is InChI=1S/C13H19NO/c1-3-4-5-6-10-15-13-9-7-8-12(11-13)14-2/h3-4,7-9,11,14H,5-6,10H2,1-2H3/b4-3+. The van der Waals surface area contributed by atoms with Crippen LogP contribution in [0.2, 0.25) is 0 Å². The van der Waals surface area contributed by atoms with Gasteiger partial charge in [0.25, 0.3) is 0 Å². The molecule has 0 heterocycles. The average Bonchev–Trinajstić information content (AvgIpc) is 2.29. The van der Waals surface area contributed by atoms with Crippen LogP contribution in [0.1, 0.15) is 19.8 Å². The Morgan fingerprint density at radius 1 is 1.40 bits per heavy atom. The van der Waals surface area contributed by atoms with E-state index in [0.29, 0.717) is 0 Å². The van der Waals surface area contributed by atoms with Crippen molar-refractivity contribution in [3.8, 4) is 5.75 Å². The zero-order valence-electron chi connectivity index (χ0n) is 9.49. The van der Waals surface area contributed by atoms with E-state index in [1.165, 1.54) is 0 Å². The van der Waals surface area contributed by atoms with E-state index < -0.39 is 0 Å². The lowest BCUT2D eigenvalue weighted by Gasteiger charge is -2.06. The van der Waals surface area contributed by atoms with Gasteiger partial charge >= 0.3 is 0 Å². The molecule has 0 radical (unpaired) electrons. The van der Waals surface area contributed by atoms with Crippen molar-refractivity contribution in [2.45, 2.75) is 19.8 Å². The molecule has 2 nitrogen and oxygen atoms in total. The van der Waals surface area contributed by atoms with E-state index in [4.69, 9.17) is 4.74 Å². The first-order chi connectivity index (χ1) is 7.36. The van der Waals surface area contributed by atoms with Crippen molar-refractivity contribution in [2.24, 2.45) is 0 Å². The monoisotopic (exact) mass is 205 g/mol. The first-order valence-corrected chi connectivity index (χ1v) is 5.38. The molecule has 0 aliphatic rings. The zero-order chi connectivity index (χ0) is 10.9. The highest BCUT2D eigenvalue weighted by Gasteiger charge is 1.94. The van der Waals surface area contributed by atoms with Crippen molar-refractivity contribution in [2.75, 3.05) is 19.0 Å². The van der Waals surface area contributed by atoms with Crippen LogP contribution in [-0.4, -0.2) is 13.7 Å². The number of unbranched alkanes of at least 4 members (excludes halogenated alkanes) is 1. The Hall–Kier alpha value is -1.44. The molecule has 15 heavy (non-hydrogen) atoms. The molecule has 0 spiro atoms. The molecule has 1 N–H and O–H groups in total. The average molecular weight is 205 g/mol. The van der Waals surface area contributed by atoms with Gasteiger partial charge in [0, 0.05) is 18.8 Å². The van der Waals surface area contributed by atoms with Gasteiger partial charge in [0.1, 0.15) is 5.75 Å². The van der Waals surface area contributed by atoms with Crippen LogP contribution in [0.5, 0.6) is 5.75 Å². The molecule has 0 saturated heterocycles. The van der Waals surface area contributed by atoms with Crippen molar-refractivity contribution >= 4 is 5.69 Å². The van der Waals surface area contributed by atoms with Gasteiger partial charge in [-0.2, -0.15) is 0 Å². The maximum Gasteiger partial charge on any atom is 0.121 e. The summed E-state index contributed by atoms with van der Waals surface area (Å²) in [5, 5.41) is 3.09. The third kappa shape index (κ3) is 4.54. The molecule has 1 rings (SSSR count). The van der Waals surface area contributed by atoms with E-state index in [9.17, 15) is 0 Å². The van der Waals surface area contributed by atoms with Crippen molar-refractivity contribution in [3.63, 3.8) is 0 Å². The highest BCUT2D eigenvalue weighted by atomic mass is 16.5. The van der Waals surface area contributed by atoms with E-state index in [0.717, 1.165) is 30.9 Å². The van der Waals surface area contributed by atoms with Crippen LogP contribution in [0.4, 0.5) is 5.69 Å². The Labute approximate surface area is 92.0 Å². The number of rotatable bonds is 6. The largest absolute Gasteiger partial charge is 0.494 e. The molecule has 0 aromatic heterocycles. The molecule has 0 aliphatic carbocycles. The highest BCUT2D eigenvalue weighted by molar-refractivity contribution is 5.47. The van der Waals surface area contributed by atoms with Gasteiger partial charge in [-0.05, 0) is 31.9 Å². The molecular weight excluding hydrogens is 186 g/mol. The van der Waals surface area contributed by atoms with Gasteiger partial charge in [-0.3, -0.25) is 0 Å². The summed E-state index contributed by atoms with van der Waals surface area (Å²) in [6.45, 7) is 2.81. The lowest BCUT2D eigenvalue weighted by Crippen LogP contribution is -1.97. The molecule has 0 atom stereocenters. The minimum Gasteiger partial charge on any atom is -0.494 e. The second-order valence-corrected chi connectivity index (χ2v) is 3.34. The SMILES string of the molecule is C/C=C/CCCOc1cccc(NC)c1. The summed E-state index contributed by atoms with van der Waals surface area (Å²) in [5.41, 5.74) is 1.08. The Balaban J connectivity index is 2.30. The van der Waals surface area contributed by atoms with Crippen LogP contribution in [-0.2, 0) is 0 Å². The summed E-state index contributed by atoms with van der Waals surface area (Å²) >= 11 is 0. The molecule has 0 unspecified atom stereocenters. The van der Waals surface area contributed by atoms with Crippen LogP contribution in [0, 0.1) is 0 Å². The summed E-state index contributed by atoms with van der Waals surface area (Å²) in [4.78, 5) is 0. The summed E-state index contributed by atoms with van der Waals surface area (Å²) in [5.74, 6) is 0.933. The van der Waals surface area contributed by atoms with Crippen molar-refractivity contribution in [1.82, 2.24) is 0 Å². The van der Waals surface area contributed by atoms with Crippen LogP contribution in [0.3, 0.4) is 0 Å². The van der Waals surface area contributed by atoms with E-state index in [-0.39, 0.29) is 0 Å². The Kier molecular flexibility index (Phi) is 5.38. The lowest BCUT2D eigenvalue weighted by molar-refractivity contribution is 0.312. The van der Waals surface area contributed by atoms with Crippen LogP contribution in [0.25, 0.3) is 0 Å². The third-order valence-corrected chi connectivity index (χ3v) is 2.14. The van der Waals surface area contributed by atoms with Gasteiger partial charge in [0.05, 0.1) is 6.61 Å². The maximum absolute atomic E-state index is 5.62. The Morgan fingerprint density at radius 3 is 3.00 bits per heavy atom. The molecule has 1 aromatic carbocycles. The van der Waals surface area contributed by atoms with Crippen molar-refractivity contribution < 1.29 is 4.74 Å². The van der Waals surface area contributed by atoms with Gasteiger partial charge in [-0.15, -0.1) is 0 Å². The number of anilines is 1. The van der Waals surface area contributed by atoms with Crippen molar-refractivity contribution in [1.29, 1.82) is 0 Å². The van der Waals surface area contributed by atoms with E-state index in [1.807, 2.05) is 38.2 Å². The van der Waals surface area contributed by atoms with Crippen LogP contribution >= 0.6 is 0 Å². The molecule has 0 bridgehead atoms. The maximum atomic E-state index is 5.62. The molecule has 0 aliphatic heterocycles. The summed E-state index contributed by atoms with van der Waals surface area (Å²) < 4.78 is 5.62. The molecular formula is C13H19NO. The third-order valence-electron chi connectivity index (χ3n) is 2.14. The van der Waals surface area contributed by atoms with Gasteiger partial charge < -0.3 is 10.1 Å². The molecule has 82 valence electrons. The molecule has 2 heteroatoms. The van der Waals surface area contributed by atoms with E-state index in [2.05, 4.69) is 17.5 Å². The van der Waals surface area contributed by atoms with Gasteiger partial charge in [-0.25, -0.2) is 0 Å². The first kappa shape index (κ1) is 11.6. The van der Waals surface area contributed by atoms with Gasteiger partial charge in [-0.1, -0.05) is 18.2 Å². The lowest BCUT2D eigenvalue weighted by atomic mass is 10.3. The quantitative estimate of drug-likeness (QED) is 0.567. The highest BCUT2D eigenvalue weighted by Crippen LogP contribution is 2.16. The fourth-order valence-corrected chi connectivity index (χ4v) is 1.30. The molecule has 0 amide bonds.